The molecule has 0 bridgehead atoms. The minimum atomic E-state index is -4.91. The van der Waals surface area contributed by atoms with Crippen LogP contribution in [-0.4, -0.2) is 43.9 Å². The average Bonchev–Trinajstić information content (AvgIpc) is 3.45. The quantitative estimate of drug-likeness (QED) is 0.311. The van der Waals surface area contributed by atoms with E-state index in [4.69, 9.17) is 14.2 Å². The van der Waals surface area contributed by atoms with Gasteiger partial charge in [-0.05, 0) is 63.6 Å². The van der Waals surface area contributed by atoms with Crippen molar-refractivity contribution in [3.63, 3.8) is 0 Å². The average molecular weight is 628 g/mol. The summed E-state index contributed by atoms with van der Waals surface area (Å²) in [6.07, 6.45) is -6.53. The first kappa shape index (κ1) is 30.1. The molecule has 6 rings (SSSR count). The number of ether oxygens (including phenoxy) is 6. The van der Waals surface area contributed by atoms with Gasteiger partial charge < -0.3 is 33.7 Å². The molecule has 1 aliphatic carbocycles. The maximum atomic E-state index is 13.9. The van der Waals surface area contributed by atoms with Crippen LogP contribution in [0.25, 0.3) is 0 Å². The molecule has 4 aliphatic rings. The lowest BCUT2D eigenvalue weighted by Gasteiger charge is -2.40. The molecule has 3 heterocycles. The van der Waals surface area contributed by atoms with Crippen molar-refractivity contribution >= 4 is 11.9 Å². The van der Waals surface area contributed by atoms with Crippen molar-refractivity contribution in [3.8, 4) is 28.7 Å². The summed E-state index contributed by atoms with van der Waals surface area (Å²) in [5.74, 6) is -1.58. The van der Waals surface area contributed by atoms with Crippen molar-refractivity contribution in [1.82, 2.24) is 5.32 Å². The zero-order chi connectivity index (χ0) is 31.4. The van der Waals surface area contributed by atoms with Crippen LogP contribution in [-0.2, 0) is 19.7 Å². The van der Waals surface area contributed by atoms with Crippen molar-refractivity contribution < 1.29 is 60.0 Å². The Balaban J connectivity index is 1.24. The highest BCUT2D eigenvalue weighted by Gasteiger charge is 2.50. The van der Waals surface area contributed by atoms with E-state index in [2.05, 4.69) is 19.5 Å². The number of esters is 1. The number of hydrogen-bond acceptors (Lipinski definition) is 8. The molecule has 0 unspecified atom stereocenters. The molecule has 1 saturated carbocycles. The van der Waals surface area contributed by atoms with Crippen LogP contribution in [0.5, 0.6) is 28.7 Å². The maximum Gasteiger partial charge on any atom is 0.586 e. The molecular formula is C30H30F5NO8. The Morgan fingerprint density at radius 3 is 2.39 bits per heavy atom. The van der Waals surface area contributed by atoms with Gasteiger partial charge in [-0.25, -0.2) is 0 Å². The van der Waals surface area contributed by atoms with E-state index in [0.717, 1.165) is 12.1 Å². The third-order valence-electron chi connectivity index (χ3n) is 8.68. The summed E-state index contributed by atoms with van der Waals surface area (Å²) >= 11 is 0. The Labute approximate surface area is 248 Å². The van der Waals surface area contributed by atoms with Crippen LogP contribution in [0.3, 0.4) is 0 Å². The second-order valence-corrected chi connectivity index (χ2v) is 11.6. The highest BCUT2D eigenvalue weighted by atomic mass is 19.4. The van der Waals surface area contributed by atoms with E-state index in [1.807, 2.05) is 0 Å². The summed E-state index contributed by atoms with van der Waals surface area (Å²) in [5.41, 5.74) is -0.529. The number of alkyl halides is 5. The predicted molar refractivity (Wildman–Crippen MR) is 141 cm³/mol. The molecule has 0 spiro atoms. The first-order chi connectivity index (χ1) is 20.7. The Morgan fingerprint density at radius 2 is 1.70 bits per heavy atom. The van der Waals surface area contributed by atoms with E-state index in [-0.39, 0.29) is 54.0 Å². The largest absolute Gasteiger partial charge is 0.586 e. The van der Waals surface area contributed by atoms with Crippen LogP contribution in [0.1, 0.15) is 63.1 Å². The van der Waals surface area contributed by atoms with E-state index in [9.17, 15) is 31.5 Å². The third kappa shape index (κ3) is 5.77. The standard InChI is InChI=1S/C30H30F5NO8/c1-3-39-26(37)16-6-4-15(5-7-16)21-12-20(18-9-8-17(10-22(18)41-21)42-29(31,32)33)36-27(38)28(2)14-40-23-13-25-24(11-19(23)28)43-30(34,35)44-25/h8-11,13,15-16,20-21H,3-7,12,14H2,1-2H3,(H,36,38)/t15-,16+,20-,21-,28+/m1/s1. The molecule has 0 aromatic heterocycles. The molecule has 3 atom stereocenters. The van der Waals surface area contributed by atoms with Gasteiger partial charge in [0.1, 0.15) is 35.4 Å². The van der Waals surface area contributed by atoms with Gasteiger partial charge in [0.25, 0.3) is 0 Å². The van der Waals surface area contributed by atoms with Crippen LogP contribution < -0.4 is 29.0 Å². The van der Waals surface area contributed by atoms with Crippen LogP contribution in [0.2, 0.25) is 0 Å². The summed E-state index contributed by atoms with van der Waals surface area (Å²) in [6.45, 7) is 3.54. The molecule has 9 nitrogen and oxygen atoms in total. The van der Waals surface area contributed by atoms with Gasteiger partial charge in [-0.3, -0.25) is 9.59 Å². The van der Waals surface area contributed by atoms with Gasteiger partial charge in [0.2, 0.25) is 5.91 Å². The first-order valence-electron chi connectivity index (χ1n) is 14.4. The third-order valence-corrected chi connectivity index (χ3v) is 8.68. The van der Waals surface area contributed by atoms with E-state index in [1.165, 1.54) is 18.2 Å². The molecule has 0 saturated heterocycles. The Kier molecular flexibility index (Phi) is 7.44. The van der Waals surface area contributed by atoms with Crippen molar-refractivity contribution in [2.75, 3.05) is 13.2 Å². The van der Waals surface area contributed by atoms with Gasteiger partial charge in [-0.15, -0.1) is 22.0 Å². The molecule has 1 amide bonds. The SMILES string of the molecule is CCOC(=O)[C@H]1CC[C@@H]([C@H]2C[C@@H](NC(=O)[C@@]3(C)COc4cc5c(cc43)OC(F)(F)O5)c3ccc(OC(F)(F)F)cc3O2)CC1. The molecule has 0 radical (unpaired) electrons. The number of hydrogen-bond donors (Lipinski definition) is 1. The summed E-state index contributed by atoms with van der Waals surface area (Å²) < 4.78 is 96.5. The number of benzene rings is 2. The molecule has 2 aromatic carbocycles. The van der Waals surface area contributed by atoms with Gasteiger partial charge in [0, 0.05) is 29.7 Å². The fraction of sp³-hybridized carbons (Fsp3) is 0.533. The lowest BCUT2D eigenvalue weighted by atomic mass is 9.76. The lowest BCUT2D eigenvalue weighted by molar-refractivity contribution is -0.286. The first-order valence-corrected chi connectivity index (χ1v) is 14.4. The normalized spacial score (nSPS) is 28.2. The number of halogens is 5. The van der Waals surface area contributed by atoms with Gasteiger partial charge >= 0.3 is 18.6 Å². The lowest BCUT2D eigenvalue weighted by Crippen LogP contribution is -2.47. The summed E-state index contributed by atoms with van der Waals surface area (Å²) in [7, 11) is 0. The Bertz CT molecular complexity index is 1460. The fourth-order valence-corrected chi connectivity index (χ4v) is 6.42. The van der Waals surface area contributed by atoms with Crippen LogP contribution in [0, 0.1) is 11.8 Å². The summed E-state index contributed by atoms with van der Waals surface area (Å²) in [5, 5.41) is 3.01. The predicted octanol–water partition coefficient (Wildman–Crippen LogP) is 5.93. The molecular weight excluding hydrogens is 597 g/mol. The van der Waals surface area contributed by atoms with E-state index in [1.54, 1.807) is 13.8 Å². The second-order valence-electron chi connectivity index (χ2n) is 11.6. The number of nitrogens with one attached hydrogen (secondary N) is 1. The molecule has 44 heavy (non-hydrogen) atoms. The van der Waals surface area contributed by atoms with Crippen molar-refractivity contribution in [3.05, 3.63) is 41.5 Å². The monoisotopic (exact) mass is 627 g/mol. The number of fused-ring (bicyclic) bond motifs is 3. The summed E-state index contributed by atoms with van der Waals surface area (Å²) in [6, 6.07) is 5.58. The van der Waals surface area contributed by atoms with Crippen LogP contribution in [0.4, 0.5) is 22.0 Å². The second kappa shape index (κ2) is 10.9. The minimum absolute atomic E-state index is 0.0343. The maximum absolute atomic E-state index is 13.9. The fourth-order valence-electron chi connectivity index (χ4n) is 6.42. The van der Waals surface area contributed by atoms with Gasteiger partial charge in [0.05, 0.1) is 18.6 Å². The van der Waals surface area contributed by atoms with Crippen LogP contribution in [0.15, 0.2) is 30.3 Å². The molecule has 1 N–H and O–H groups in total. The van der Waals surface area contributed by atoms with Crippen molar-refractivity contribution in [2.24, 2.45) is 11.8 Å². The number of carbonyl (C=O) groups excluding carboxylic acids is 2. The number of rotatable bonds is 6. The summed E-state index contributed by atoms with van der Waals surface area (Å²) in [4.78, 5) is 26.1. The molecule has 2 aromatic rings. The van der Waals surface area contributed by atoms with E-state index >= 15 is 0 Å². The molecule has 14 heteroatoms. The zero-order valence-corrected chi connectivity index (χ0v) is 23.8. The smallest absolute Gasteiger partial charge is 0.492 e. The highest BCUT2D eigenvalue weighted by molar-refractivity contribution is 5.90. The Hall–Kier alpha value is -3.97. The molecule has 1 fully saturated rings. The number of carbonyl (C=O) groups is 2. The van der Waals surface area contributed by atoms with E-state index in [0.29, 0.717) is 43.2 Å². The zero-order valence-electron chi connectivity index (χ0n) is 23.8. The molecule has 3 aliphatic heterocycles. The topological polar surface area (TPSA) is 102 Å². The number of amides is 1. The van der Waals surface area contributed by atoms with Crippen molar-refractivity contribution in [2.45, 2.75) is 76.2 Å². The molecule has 238 valence electrons. The van der Waals surface area contributed by atoms with E-state index < -0.39 is 41.9 Å². The Morgan fingerprint density at radius 1 is 1.00 bits per heavy atom. The van der Waals surface area contributed by atoms with Crippen LogP contribution >= 0.6 is 0 Å². The van der Waals surface area contributed by atoms with Gasteiger partial charge in [0.15, 0.2) is 11.5 Å². The minimum Gasteiger partial charge on any atom is -0.492 e. The highest BCUT2D eigenvalue weighted by Crippen LogP contribution is 2.50. The van der Waals surface area contributed by atoms with Gasteiger partial charge in [-0.1, -0.05) is 0 Å². The van der Waals surface area contributed by atoms with Gasteiger partial charge in [-0.2, -0.15) is 0 Å². The van der Waals surface area contributed by atoms with Crippen molar-refractivity contribution in [1.29, 1.82) is 0 Å².